The number of nitrogens with zero attached hydrogens (tertiary/aromatic N) is 2. The number of hydrogen-bond acceptors (Lipinski definition) is 4. The maximum atomic E-state index is 14.1. The molecule has 3 rings (SSSR count). The van der Waals surface area contributed by atoms with E-state index >= 15 is 0 Å². The zero-order valence-electron chi connectivity index (χ0n) is 24.7. The lowest BCUT2D eigenvalue weighted by atomic mass is 9.59. The third-order valence-corrected chi connectivity index (χ3v) is 8.49. The zero-order chi connectivity index (χ0) is 27.7. The van der Waals surface area contributed by atoms with Crippen LogP contribution in [0.2, 0.25) is 0 Å². The lowest BCUT2D eigenvalue weighted by Crippen LogP contribution is -2.42. The molecule has 0 bridgehead atoms. The highest BCUT2D eigenvalue weighted by molar-refractivity contribution is 5.91. The molecule has 0 spiro atoms. The minimum atomic E-state index is -0.170. The van der Waals surface area contributed by atoms with E-state index in [1.54, 1.807) is 0 Å². The second-order valence-corrected chi connectivity index (χ2v) is 11.7. The Morgan fingerprint density at radius 2 is 1.26 bits per heavy atom. The summed E-state index contributed by atoms with van der Waals surface area (Å²) in [5, 5.41) is 0. The molecule has 0 aliphatic heterocycles. The molecule has 38 heavy (non-hydrogen) atoms. The van der Waals surface area contributed by atoms with Crippen LogP contribution in [0.1, 0.15) is 101 Å². The van der Waals surface area contributed by atoms with Gasteiger partial charge in [0.05, 0.1) is 0 Å². The molecule has 1 fully saturated rings. The number of carbonyl (C=O) groups is 2. The molecular formula is C34H50N2O2. The van der Waals surface area contributed by atoms with Gasteiger partial charge in [-0.3, -0.25) is 9.59 Å². The van der Waals surface area contributed by atoms with Gasteiger partial charge in [0.2, 0.25) is 0 Å². The summed E-state index contributed by atoms with van der Waals surface area (Å²) in [6, 6.07) is 17.2. The minimum Gasteiger partial charge on any atom is -0.378 e. The van der Waals surface area contributed by atoms with Crippen molar-refractivity contribution in [3.8, 4) is 0 Å². The Labute approximate surface area is 231 Å². The number of ketones is 2. The van der Waals surface area contributed by atoms with E-state index < -0.39 is 0 Å². The van der Waals surface area contributed by atoms with Gasteiger partial charge in [-0.15, -0.1) is 0 Å². The molecule has 0 aromatic heterocycles. The molecule has 0 heterocycles. The zero-order valence-corrected chi connectivity index (χ0v) is 24.7. The van der Waals surface area contributed by atoms with Gasteiger partial charge < -0.3 is 9.80 Å². The van der Waals surface area contributed by atoms with Gasteiger partial charge in [-0.2, -0.15) is 0 Å². The number of hydrogen-bond donors (Lipinski definition) is 0. The smallest absolute Gasteiger partial charge is 0.137 e. The van der Waals surface area contributed by atoms with Crippen LogP contribution in [0.5, 0.6) is 0 Å². The molecule has 2 aromatic rings. The van der Waals surface area contributed by atoms with Gasteiger partial charge in [-0.05, 0) is 48.2 Å². The van der Waals surface area contributed by atoms with E-state index in [-0.39, 0.29) is 23.7 Å². The molecule has 1 aliphatic rings. The third-order valence-electron chi connectivity index (χ3n) is 8.49. The first-order chi connectivity index (χ1) is 18.3. The predicted octanol–water partition coefficient (Wildman–Crippen LogP) is 8.01. The predicted molar refractivity (Wildman–Crippen MR) is 162 cm³/mol. The second-order valence-electron chi connectivity index (χ2n) is 11.7. The highest BCUT2D eigenvalue weighted by Gasteiger charge is 2.47. The van der Waals surface area contributed by atoms with Gasteiger partial charge in [0, 0.05) is 76.1 Å². The van der Waals surface area contributed by atoms with Crippen molar-refractivity contribution in [2.45, 2.75) is 89.9 Å². The summed E-state index contributed by atoms with van der Waals surface area (Å²) in [4.78, 5) is 32.2. The topological polar surface area (TPSA) is 40.6 Å². The first-order valence-corrected chi connectivity index (χ1v) is 14.9. The van der Waals surface area contributed by atoms with Crippen LogP contribution in [0.25, 0.3) is 0 Å². The monoisotopic (exact) mass is 518 g/mol. The van der Waals surface area contributed by atoms with Crippen LogP contribution in [-0.2, 0) is 9.59 Å². The van der Waals surface area contributed by atoms with Gasteiger partial charge in [0.1, 0.15) is 11.6 Å². The van der Waals surface area contributed by atoms with Crippen LogP contribution >= 0.6 is 0 Å². The SMILES string of the molecule is CCCCCCC(=O)C1C(c2ccc(N(C)C)cc2)CC(=O)C(CCCCC)C1c1ccc(N(C)C)cc1. The number of carbonyl (C=O) groups excluding carboxylic acids is 2. The van der Waals surface area contributed by atoms with Crippen molar-refractivity contribution in [2.75, 3.05) is 38.0 Å². The van der Waals surface area contributed by atoms with Crippen molar-refractivity contribution >= 4 is 22.9 Å². The molecule has 1 aliphatic carbocycles. The molecular weight excluding hydrogens is 468 g/mol. The van der Waals surface area contributed by atoms with Crippen LogP contribution in [-0.4, -0.2) is 39.8 Å². The first-order valence-electron chi connectivity index (χ1n) is 14.9. The fourth-order valence-electron chi connectivity index (χ4n) is 6.25. The van der Waals surface area contributed by atoms with Gasteiger partial charge >= 0.3 is 0 Å². The fraction of sp³-hybridized carbons (Fsp3) is 0.588. The van der Waals surface area contributed by atoms with Crippen molar-refractivity contribution < 1.29 is 9.59 Å². The molecule has 208 valence electrons. The van der Waals surface area contributed by atoms with Crippen LogP contribution in [0.15, 0.2) is 48.5 Å². The van der Waals surface area contributed by atoms with Crippen molar-refractivity contribution in [3.63, 3.8) is 0 Å². The molecule has 0 radical (unpaired) electrons. The standard InChI is InChI=1S/C34H50N2O2/c1-7-9-11-13-15-31(37)34-30(25-16-20-27(21-17-25)35(3)4)24-32(38)29(14-12-10-8-2)33(34)26-18-22-28(23-19-26)36(5)6/h16-23,29-30,33-34H,7-15,24H2,1-6H3. The van der Waals surface area contributed by atoms with E-state index in [0.717, 1.165) is 67.4 Å². The van der Waals surface area contributed by atoms with Crippen molar-refractivity contribution in [1.29, 1.82) is 0 Å². The molecule has 2 aromatic carbocycles. The molecule has 4 atom stereocenters. The van der Waals surface area contributed by atoms with Crippen LogP contribution < -0.4 is 9.80 Å². The summed E-state index contributed by atoms with van der Waals surface area (Å²) >= 11 is 0. The Morgan fingerprint density at radius 3 is 1.79 bits per heavy atom. The number of anilines is 2. The molecule has 0 amide bonds. The van der Waals surface area contributed by atoms with Crippen LogP contribution in [0.4, 0.5) is 11.4 Å². The molecule has 4 heteroatoms. The third kappa shape index (κ3) is 7.48. The highest BCUT2D eigenvalue weighted by atomic mass is 16.1. The molecule has 0 N–H and O–H groups in total. The van der Waals surface area contributed by atoms with Gasteiger partial charge in [0.25, 0.3) is 0 Å². The molecule has 4 unspecified atom stereocenters. The average molecular weight is 519 g/mol. The average Bonchev–Trinajstić information content (AvgIpc) is 2.91. The molecule has 1 saturated carbocycles. The minimum absolute atomic E-state index is 0.0680. The Morgan fingerprint density at radius 1 is 0.737 bits per heavy atom. The van der Waals surface area contributed by atoms with Crippen LogP contribution in [0.3, 0.4) is 0 Å². The van der Waals surface area contributed by atoms with Crippen molar-refractivity contribution in [1.82, 2.24) is 0 Å². The van der Waals surface area contributed by atoms with Gasteiger partial charge in [0.15, 0.2) is 0 Å². The maximum Gasteiger partial charge on any atom is 0.137 e. The van der Waals surface area contributed by atoms with Gasteiger partial charge in [-0.1, -0.05) is 76.6 Å². The fourth-order valence-corrected chi connectivity index (χ4v) is 6.25. The summed E-state index contributed by atoms with van der Waals surface area (Å²) in [6.45, 7) is 4.41. The number of rotatable bonds is 14. The number of unbranched alkanes of at least 4 members (excludes halogenated alkanes) is 5. The second kappa shape index (κ2) is 14.5. The summed E-state index contributed by atoms with van der Waals surface area (Å²) in [7, 11) is 8.16. The highest BCUT2D eigenvalue weighted by Crippen LogP contribution is 2.50. The van der Waals surface area contributed by atoms with Gasteiger partial charge in [-0.25, -0.2) is 0 Å². The summed E-state index contributed by atoms with van der Waals surface area (Å²) in [5.41, 5.74) is 4.54. The first kappa shape index (κ1) is 29.9. The van der Waals surface area contributed by atoms with E-state index in [2.05, 4.69) is 72.2 Å². The number of Topliss-reactive ketones (excluding diaryl/α,β-unsaturated/α-hetero) is 2. The normalized spacial score (nSPS) is 21.4. The Hall–Kier alpha value is -2.62. The lowest BCUT2D eigenvalue weighted by Gasteiger charge is -2.42. The van der Waals surface area contributed by atoms with E-state index in [4.69, 9.17) is 0 Å². The van der Waals surface area contributed by atoms with E-state index in [9.17, 15) is 9.59 Å². The maximum absolute atomic E-state index is 14.1. The number of benzene rings is 2. The molecule has 0 saturated heterocycles. The summed E-state index contributed by atoms with van der Waals surface area (Å²) < 4.78 is 0. The Bertz CT molecular complexity index is 1010. The Balaban J connectivity index is 2.06. The van der Waals surface area contributed by atoms with Crippen molar-refractivity contribution in [2.24, 2.45) is 11.8 Å². The molecule has 4 nitrogen and oxygen atoms in total. The van der Waals surface area contributed by atoms with Crippen molar-refractivity contribution in [3.05, 3.63) is 59.7 Å². The quantitative estimate of drug-likeness (QED) is 0.238. The summed E-state index contributed by atoms with van der Waals surface area (Å²) in [6.07, 6.45) is 9.61. The lowest BCUT2D eigenvalue weighted by molar-refractivity contribution is -0.133. The van der Waals surface area contributed by atoms with Crippen LogP contribution in [0, 0.1) is 11.8 Å². The summed E-state index contributed by atoms with van der Waals surface area (Å²) in [5.74, 6) is 0.279. The van der Waals surface area contributed by atoms with E-state index in [0.29, 0.717) is 24.4 Å². The Kier molecular flexibility index (Phi) is 11.4. The van der Waals surface area contributed by atoms with E-state index in [1.807, 2.05) is 28.2 Å². The largest absolute Gasteiger partial charge is 0.378 e. The van der Waals surface area contributed by atoms with E-state index in [1.165, 1.54) is 6.42 Å².